The highest BCUT2D eigenvalue weighted by molar-refractivity contribution is 6.31. The predicted molar refractivity (Wildman–Crippen MR) is 146 cm³/mol. The molecule has 0 saturated carbocycles. The molecule has 6 rings (SSSR count). The molecule has 0 atom stereocenters. The number of pyridine rings is 2. The molecule has 0 bridgehead atoms. The number of hydrogen-bond acceptors (Lipinski definition) is 8. The average Bonchev–Trinajstić information content (AvgIpc) is 3.57. The molecule has 0 amide bonds. The maximum absolute atomic E-state index is 13.5. The largest absolute Gasteiger partial charge is 0.365 e. The van der Waals surface area contributed by atoms with Gasteiger partial charge in [-0.25, -0.2) is 14.4 Å². The summed E-state index contributed by atoms with van der Waals surface area (Å²) in [7, 11) is 0. The summed E-state index contributed by atoms with van der Waals surface area (Å²) in [5.74, 6) is 0.872. The lowest BCUT2D eigenvalue weighted by Crippen LogP contribution is -2.04. The molecule has 0 spiro atoms. The summed E-state index contributed by atoms with van der Waals surface area (Å²) in [6.07, 6.45) is 9.56. The van der Waals surface area contributed by atoms with Crippen molar-refractivity contribution in [1.82, 2.24) is 39.9 Å². The van der Waals surface area contributed by atoms with Crippen LogP contribution >= 0.6 is 34.8 Å². The predicted octanol–water partition coefficient (Wildman–Crippen LogP) is 6.03. The SMILES string of the molecule is Clc1nc(NCc2ccncc2Cl)c2cc[nH]c2n1.Fc1cnccc1CNc1nc(Cl)nc2[nH]ccc12. The van der Waals surface area contributed by atoms with E-state index in [4.69, 9.17) is 34.8 Å². The van der Waals surface area contributed by atoms with Crippen LogP contribution in [0.1, 0.15) is 11.1 Å². The molecule has 192 valence electrons. The Morgan fingerprint density at radius 3 is 1.76 bits per heavy atom. The minimum atomic E-state index is -0.361. The number of nitrogens with one attached hydrogen (secondary N) is 4. The molecule has 0 saturated heterocycles. The summed E-state index contributed by atoms with van der Waals surface area (Å²) in [6, 6.07) is 7.19. The Morgan fingerprint density at radius 2 is 1.21 bits per heavy atom. The molecule has 0 fully saturated rings. The van der Waals surface area contributed by atoms with Crippen LogP contribution in [-0.2, 0) is 13.1 Å². The van der Waals surface area contributed by atoms with Crippen molar-refractivity contribution in [2.75, 3.05) is 10.6 Å². The van der Waals surface area contributed by atoms with Gasteiger partial charge in [0.2, 0.25) is 10.6 Å². The normalized spacial score (nSPS) is 10.8. The zero-order chi connectivity index (χ0) is 26.5. The second-order valence-corrected chi connectivity index (χ2v) is 8.89. The summed E-state index contributed by atoms with van der Waals surface area (Å²) in [4.78, 5) is 30.0. The molecule has 0 radical (unpaired) electrons. The van der Waals surface area contributed by atoms with E-state index in [9.17, 15) is 4.39 Å². The van der Waals surface area contributed by atoms with E-state index in [2.05, 4.69) is 50.5 Å². The molecule has 6 heterocycles. The third kappa shape index (κ3) is 5.91. The van der Waals surface area contributed by atoms with Crippen molar-refractivity contribution in [1.29, 1.82) is 0 Å². The minimum Gasteiger partial charge on any atom is -0.365 e. The Kier molecular flexibility index (Phi) is 7.78. The zero-order valence-electron chi connectivity index (χ0n) is 19.4. The van der Waals surface area contributed by atoms with Gasteiger partial charge in [-0.2, -0.15) is 9.97 Å². The van der Waals surface area contributed by atoms with Crippen LogP contribution in [0.4, 0.5) is 16.0 Å². The number of fused-ring (bicyclic) bond motifs is 2. The standard InChI is InChI=1S/C12H9Cl2N5.C12H9ClFN5/c13-9-6-15-3-1-7(9)5-17-11-8-2-4-16-10(8)18-12(14)19-11;13-12-18-10-8(2-4-16-10)11(19-12)17-5-7-1-3-15-6-9(7)14/h2*1-4,6H,5H2,(H2,16,17,18,19). The summed E-state index contributed by atoms with van der Waals surface area (Å²) in [5.41, 5.74) is 2.78. The fourth-order valence-electron chi connectivity index (χ4n) is 3.55. The van der Waals surface area contributed by atoms with Crippen LogP contribution in [-0.4, -0.2) is 39.9 Å². The number of hydrogen-bond donors (Lipinski definition) is 4. The highest BCUT2D eigenvalue weighted by atomic mass is 35.5. The van der Waals surface area contributed by atoms with E-state index in [1.165, 1.54) is 6.20 Å². The van der Waals surface area contributed by atoms with Crippen molar-refractivity contribution in [3.63, 3.8) is 0 Å². The van der Waals surface area contributed by atoms with Crippen molar-refractivity contribution in [3.8, 4) is 0 Å². The van der Waals surface area contributed by atoms with Gasteiger partial charge in [0, 0.05) is 49.6 Å². The van der Waals surface area contributed by atoms with Crippen molar-refractivity contribution in [2.24, 2.45) is 0 Å². The van der Waals surface area contributed by atoms with Gasteiger partial charge in [0.1, 0.15) is 28.7 Å². The molecule has 6 aromatic heterocycles. The molecule has 4 N–H and O–H groups in total. The van der Waals surface area contributed by atoms with E-state index < -0.39 is 0 Å². The first-order valence-corrected chi connectivity index (χ1v) is 12.3. The second kappa shape index (κ2) is 11.5. The number of aromatic nitrogens is 8. The van der Waals surface area contributed by atoms with Gasteiger partial charge in [-0.3, -0.25) is 9.97 Å². The van der Waals surface area contributed by atoms with Crippen LogP contribution < -0.4 is 10.6 Å². The molecule has 0 aliphatic rings. The maximum Gasteiger partial charge on any atom is 0.226 e. The number of H-pyrrole nitrogens is 2. The third-order valence-corrected chi connectivity index (χ3v) is 6.06. The Morgan fingerprint density at radius 1 is 0.684 bits per heavy atom. The van der Waals surface area contributed by atoms with Gasteiger partial charge in [0.15, 0.2) is 0 Å². The average molecular weight is 572 g/mol. The summed E-state index contributed by atoms with van der Waals surface area (Å²) >= 11 is 17.8. The van der Waals surface area contributed by atoms with Crippen LogP contribution in [0.5, 0.6) is 0 Å². The van der Waals surface area contributed by atoms with Gasteiger partial charge in [-0.1, -0.05) is 11.6 Å². The first kappa shape index (κ1) is 25.6. The molecule has 0 unspecified atom stereocenters. The first-order chi connectivity index (χ1) is 18.5. The lowest BCUT2D eigenvalue weighted by molar-refractivity contribution is 0.606. The lowest BCUT2D eigenvalue weighted by atomic mass is 10.2. The second-order valence-electron chi connectivity index (χ2n) is 7.80. The smallest absolute Gasteiger partial charge is 0.226 e. The summed E-state index contributed by atoms with van der Waals surface area (Å²) < 4.78 is 13.5. The van der Waals surface area contributed by atoms with Gasteiger partial charge in [0.25, 0.3) is 0 Å². The van der Waals surface area contributed by atoms with Crippen LogP contribution in [0.25, 0.3) is 22.1 Å². The van der Waals surface area contributed by atoms with E-state index in [1.807, 2.05) is 18.2 Å². The monoisotopic (exact) mass is 570 g/mol. The van der Waals surface area contributed by atoms with Crippen molar-refractivity contribution in [2.45, 2.75) is 13.1 Å². The number of aromatic amines is 2. The van der Waals surface area contributed by atoms with Gasteiger partial charge in [-0.15, -0.1) is 0 Å². The molecular formula is C24H18Cl3FN10. The van der Waals surface area contributed by atoms with E-state index in [0.29, 0.717) is 46.6 Å². The van der Waals surface area contributed by atoms with Gasteiger partial charge >= 0.3 is 0 Å². The Hall–Kier alpha value is -4.06. The molecule has 6 aromatic rings. The zero-order valence-corrected chi connectivity index (χ0v) is 21.7. The van der Waals surface area contributed by atoms with E-state index in [1.54, 1.807) is 37.1 Å². The summed E-state index contributed by atoms with van der Waals surface area (Å²) in [6.45, 7) is 0.830. The molecule has 14 heteroatoms. The highest BCUT2D eigenvalue weighted by Gasteiger charge is 2.09. The molecule has 0 aromatic carbocycles. The fraction of sp³-hybridized carbons (Fsp3) is 0.0833. The third-order valence-electron chi connectivity index (χ3n) is 5.38. The molecule has 10 nitrogen and oxygen atoms in total. The van der Waals surface area contributed by atoms with Crippen molar-refractivity contribution in [3.05, 3.63) is 94.0 Å². The van der Waals surface area contributed by atoms with E-state index >= 15 is 0 Å². The van der Waals surface area contributed by atoms with Crippen molar-refractivity contribution < 1.29 is 4.39 Å². The summed E-state index contributed by atoms with van der Waals surface area (Å²) in [5, 5.41) is 8.88. The quantitative estimate of drug-likeness (QED) is 0.178. The first-order valence-electron chi connectivity index (χ1n) is 11.1. The number of rotatable bonds is 6. The number of anilines is 2. The topological polar surface area (TPSA) is 133 Å². The highest BCUT2D eigenvalue weighted by Crippen LogP contribution is 2.23. The Balaban J connectivity index is 0.000000155. The van der Waals surface area contributed by atoms with Gasteiger partial charge < -0.3 is 20.6 Å². The minimum absolute atomic E-state index is 0.132. The Bertz CT molecular complexity index is 1580. The van der Waals surface area contributed by atoms with Gasteiger partial charge in [-0.05, 0) is 53.0 Å². The lowest BCUT2D eigenvalue weighted by Gasteiger charge is -2.08. The number of halogens is 4. The van der Waals surface area contributed by atoms with Crippen LogP contribution in [0.15, 0.2) is 61.4 Å². The van der Waals surface area contributed by atoms with Crippen molar-refractivity contribution >= 4 is 68.5 Å². The van der Waals surface area contributed by atoms with E-state index in [0.717, 1.165) is 16.3 Å². The molecule has 38 heavy (non-hydrogen) atoms. The maximum atomic E-state index is 13.5. The van der Waals surface area contributed by atoms with E-state index in [-0.39, 0.29) is 16.4 Å². The van der Waals surface area contributed by atoms with Crippen LogP contribution in [0.3, 0.4) is 0 Å². The van der Waals surface area contributed by atoms with Gasteiger partial charge in [0.05, 0.1) is 22.0 Å². The number of nitrogens with zero attached hydrogens (tertiary/aromatic N) is 6. The van der Waals surface area contributed by atoms with Crippen LogP contribution in [0, 0.1) is 5.82 Å². The molecule has 0 aliphatic heterocycles. The molecular weight excluding hydrogens is 554 g/mol. The fourth-order valence-corrected chi connectivity index (χ4v) is 4.07. The Labute approximate surface area is 230 Å². The van der Waals surface area contributed by atoms with Crippen LogP contribution in [0.2, 0.25) is 15.6 Å². The molecule has 0 aliphatic carbocycles.